The van der Waals surface area contributed by atoms with E-state index in [4.69, 9.17) is 112 Å². The van der Waals surface area contributed by atoms with Crippen LogP contribution in [0.4, 0.5) is 14.4 Å². The molecule has 2 aromatic rings. The third kappa shape index (κ3) is 12.4. The summed E-state index contributed by atoms with van der Waals surface area (Å²) in [5, 5.41) is 28.4. The van der Waals surface area contributed by atoms with Crippen molar-refractivity contribution < 1.29 is 86.4 Å². The molecule has 2 saturated carbocycles. The van der Waals surface area contributed by atoms with Gasteiger partial charge in [0.1, 0.15) is 48.8 Å². The number of benzene rings is 2. The van der Waals surface area contributed by atoms with Gasteiger partial charge in [0.05, 0.1) is 29.5 Å². The molecule has 25 heteroatoms. The van der Waals surface area contributed by atoms with E-state index in [0.29, 0.717) is 0 Å². The maximum Gasteiger partial charge on any atom is 0.509 e. The molecule has 3 fully saturated rings. The van der Waals surface area contributed by atoms with E-state index >= 15 is 4.79 Å². The van der Waals surface area contributed by atoms with Crippen LogP contribution in [-0.2, 0) is 57.0 Å². The number of carbonyl (C=O) groups is 7. The second-order valence-electron chi connectivity index (χ2n) is 20.1. The Morgan fingerprint density at radius 1 is 0.824 bits per heavy atom. The van der Waals surface area contributed by atoms with E-state index in [1.807, 2.05) is 0 Å². The van der Waals surface area contributed by atoms with Crippen LogP contribution in [0.2, 0.25) is 0 Å². The maximum absolute atomic E-state index is 16.3. The molecule has 2 bridgehead atoms. The van der Waals surface area contributed by atoms with E-state index < -0.39 is 159 Å². The standard InChI is InChI=1S/C49H55Cl6NO18/c1-24-28(69-39(61)33(58)32(26-15-11-9-12-16-26)56-40(62)74-43(3,4)5)20-47(65)37(72-38(60)27-17-13-10-14-18-27)35-45(8,36(59)34(31(24)44(47,6)7)71-42(64)68-23-49(53,54)55)29(70-41(63)67-22-48(50,51)52)19-30-46(35,21-66-30)73-25(2)57/h9-18,28-30,32-35,37,58,65H,19-23H2,1-8H3,(H,56,62)/t28-,29-,30+,32-,33+,34+,35+,37-,45+,46-,47+/m0/s1. The molecule has 3 aliphatic carbocycles. The van der Waals surface area contributed by atoms with Crippen molar-refractivity contribution in [1.82, 2.24) is 5.32 Å². The summed E-state index contributed by atoms with van der Waals surface area (Å²) in [6, 6.07) is 13.8. The van der Waals surface area contributed by atoms with Gasteiger partial charge in [-0.25, -0.2) is 24.0 Å². The van der Waals surface area contributed by atoms with Crippen molar-refractivity contribution in [3.05, 3.63) is 82.9 Å². The summed E-state index contributed by atoms with van der Waals surface area (Å²) in [6.45, 7) is 9.11. The average molecular weight is 1160 g/mol. The summed E-state index contributed by atoms with van der Waals surface area (Å²) in [4.78, 5) is 99.4. The van der Waals surface area contributed by atoms with Crippen LogP contribution in [0.1, 0.15) is 90.2 Å². The second kappa shape index (κ2) is 22.0. The molecule has 1 heterocycles. The van der Waals surface area contributed by atoms with Gasteiger partial charge in [0.2, 0.25) is 7.59 Å². The Labute approximate surface area is 455 Å². The smallest absolute Gasteiger partial charge is 0.456 e. The lowest BCUT2D eigenvalue weighted by atomic mass is 9.44. The van der Waals surface area contributed by atoms with Crippen LogP contribution in [0.5, 0.6) is 0 Å². The first-order chi connectivity index (χ1) is 34.1. The van der Waals surface area contributed by atoms with Crippen LogP contribution < -0.4 is 5.32 Å². The van der Waals surface area contributed by atoms with Crippen molar-refractivity contribution in [2.75, 3.05) is 19.8 Å². The highest BCUT2D eigenvalue weighted by atomic mass is 35.6. The minimum absolute atomic E-state index is 0.0470. The highest BCUT2D eigenvalue weighted by Gasteiger charge is 2.79. The van der Waals surface area contributed by atoms with Crippen LogP contribution in [0.15, 0.2) is 71.8 Å². The normalized spacial score (nSPS) is 29.2. The van der Waals surface area contributed by atoms with Gasteiger partial charge in [0.25, 0.3) is 0 Å². The molecule has 1 amide bonds. The molecule has 0 aromatic heterocycles. The number of alkyl carbamates (subject to hydrolysis) is 1. The van der Waals surface area contributed by atoms with Gasteiger partial charge >= 0.3 is 36.3 Å². The Balaban J connectivity index is 1.61. The predicted octanol–water partition coefficient (Wildman–Crippen LogP) is 8.32. The van der Waals surface area contributed by atoms with Crippen molar-refractivity contribution >= 4 is 112 Å². The third-order valence-corrected chi connectivity index (χ3v) is 14.3. The van der Waals surface area contributed by atoms with E-state index in [9.17, 15) is 39.0 Å². The van der Waals surface area contributed by atoms with Gasteiger partial charge in [-0.3, -0.25) is 9.59 Å². The first kappa shape index (κ1) is 58.9. The largest absolute Gasteiger partial charge is 0.509 e. The van der Waals surface area contributed by atoms with Crippen molar-refractivity contribution in [2.45, 2.75) is 135 Å². The zero-order chi connectivity index (χ0) is 55.1. The second-order valence-corrected chi connectivity index (χ2v) is 25.1. The first-order valence-electron chi connectivity index (χ1n) is 22.9. The SMILES string of the molecule is CC(=O)O[C@@]12CO[C@@H]1C[C@H](OC(=O)OCC(Cl)(Cl)Cl)[C@@]1(C)C(=O)[C@H](OC(=O)OCC(Cl)(Cl)Cl)C3=C(C)[C@@H](OC(=O)[C@H](O)[C@@H](NC(=O)OC(C)(C)C)c4ccccc4)C[C@@](O)([C@@H](OC(=O)c4ccccc4)[C@@H]21)C3(C)C. The molecule has 3 N–H and O–H groups in total. The Morgan fingerprint density at radius 3 is 1.89 bits per heavy atom. The topological polar surface area (TPSA) is 255 Å². The Kier molecular flexibility index (Phi) is 17.5. The third-order valence-electron chi connectivity index (χ3n) is 13.7. The van der Waals surface area contributed by atoms with Gasteiger partial charge in [0.15, 0.2) is 23.6 Å². The number of halogens is 6. The fourth-order valence-electron chi connectivity index (χ4n) is 10.3. The van der Waals surface area contributed by atoms with Gasteiger partial charge in [-0.05, 0) is 63.5 Å². The summed E-state index contributed by atoms with van der Waals surface area (Å²) in [6.07, 6.45) is -16.6. The molecule has 19 nitrogen and oxygen atoms in total. The number of aliphatic hydroxyl groups excluding tert-OH is 1. The minimum Gasteiger partial charge on any atom is -0.456 e. The first-order valence-corrected chi connectivity index (χ1v) is 25.2. The van der Waals surface area contributed by atoms with Gasteiger partial charge < -0.3 is 58.2 Å². The van der Waals surface area contributed by atoms with Gasteiger partial charge in [0, 0.05) is 25.2 Å². The molecule has 1 saturated heterocycles. The number of rotatable bonds is 12. The number of Topliss-reactive ketones (excluding diaryl/α,β-unsaturated/α-hetero) is 1. The monoisotopic (exact) mass is 1160 g/mol. The fraction of sp³-hybridized carbons (Fsp3) is 0.571. The fourth-order valence-corrected chi connectivity index (χ4v) is 10.7. The number of ether oxygens (including phenoxy) is 9. The Morgan fingerprint density at radius 2 is 1.38 bits per heavy atom. The molecular formula is C49H55Cl6NO18. The molecule has 1 aliphatic heterocycles. The lowest BCUT2D eigenvalue weighted by Gasteiger charge is -2.67. The molecule has 0 radical (unpaired) electrons. The molecule has 0 spiro atoms. The number of hydrogen-bond donors (Lipinski definition) is 3. The molecule has 4 aliphatic rings. The van der Waals surface area contributed by atoms with Crippen LogP contribution in [0.25, 0.3) is 0 Å². The highest BCUT2D eigenvalue weighted by Crippen LogP contribution is 2.65. The van der Waals surface area contributed by atoms with E-state index in [1.165, 1.54) is 64.1 Å². The number of esters is 3. The molecular weight excluding hydrogens is 1100 g/mol. The maximum atomic E-state index is 16.3. The number of fused-ring (bicyclic) bond motifs is 5. The summed E-state index contributed by atoms with van der Waals surface area (Å²) in [7, 11) is 0. The van der Waals surface area contributed by atoms with Crippen molar-refractivity contribution in [3.63, 3.8) is 0 Å². The van der Waals surface area contributed by atoms with E-state index in [0.717, 1.165) is 6.92 Å². The van der Waals surface area contributed by atoms with Crippen LogP contribution in [0, 0.1) is 16.7 Å². The zero-order valence-electron chi connectivity index (χ0n) is 41.1. The van der Waals surface area contributed by atoms with E-state index in [1.54, 1.807) is 45.0 Å². The quantitative estimate of drug-likeness (QED) is 0.0781. The number of amides is 1. The number of aliphatic hydroxyl groups is 2. The summed E-state index contributed by atoms with van der Waals surface area (Å²) < 4.78 is 47.9. The zero-order valence-corrected chi connectivity index (χ0v) is 45.7. The highest BCUT2D eigenvalue weighted by molar-refractivity contribution is 6.68. The van der Waals surface area contributed by atoms with Gasteiger partial charge in [-0.1, -0.05) is 132 Å². The predicted molar refractivity (Wildman–Crippen MR) is 265 cm³/mol. The lowest BCUT2D eigenvalue weighted by Crippen LogP contribution is -2.82. The molecule has 6 rings (SSSR count). The number of carbonyl (C=O) groups excluding carboxylic acids is 7. The number of nitrogens with one attached hydrogen (secondary N) is 1. The Bertz CT molecular complexity index is 2510. The van der Waals surface area contributed by atoms with E-state index in [-0.39, 0.29) is 22.3 Å². The van der Waals surface area contributed by atoms with Gasteiger partial charge in [-0.15, -0.1) is 0 Å². The van der Waals surface area contributed by atoms with Crippen LogP contribution >= 0.6 is 69.6 Å². The van der Waals surface area contributed by atoms with Crippen LogP contribution in [-0.4, -0.2) is 133 Å². The van der Waals surface area contributed by atoms with Gasteiger partial charge in [-0.2, -0.15) is 0 Å². The number of ketones is 1. The molecule has 74 heavy (non-hydrogen) atoms. The van der Waals surface area contributed by atoms with E-state index in [2.05, 4.69) is 5.32 Å². The van der Waals surface area contributed by atoms with Crippen molar-refractivity contribution in [1.29, 1.82) is 0 Å². The summed E-state index contributed by atoms with van der Waals surface area (Å²) >= 11 is 35.4. The molecule has 2 aromatic carbocycles. The Hall–Kier alpha value is -4.31. The minimum atomic E-state index is -2.66. The van der Waals surface area contributed by atoms with Crippen LogP contribution in [0.3, 0.4) is 0 Å². The van der Waals surface area contributed by atoms with Crippen molar-refractivity contribution in [3.8, 4) is 0 Å². The molecule has 11 atom stereocenters. The summed E-state index contributed by atoms with van der Waals surface area (Å²) in [5.74, 6) is -6.38. The van der Waals surface area contributed by atoms with Crippen molar-refractivity contribution in [2.24, 2.45) is 16.7 Å². The lowest BCUT2D eigenvalue weighted by molar-refractivity contribution is -0.346. The molecule has 406 valence electrons. The number of hydrogen-bond acceptors (Lipinski definition) is 18. The average Bonchev–Trinajstić information content (AvgIpc) is 3.29. The number of alkyl halides is 6. The molecule has 0 unspecified atom stereocenters. The summed E-state index contributed by atoms with van der Waals surface area (Å²) in [5.41, 5.74) is -10.2.